The van der Waals surface area contributed by atoms with Crippen LogP contribution in [0.5, 0.6) is 0 Å². The van der Waals surface area contributed by atoms with Gasteiger partial charge >= 0.3 is 0 Å². The lowest BCUT2D eigenvalue weighted by Gasteiger charge is -2.32. The highest BCUT2D eigenvalue weighted by Gasteiger charge is 2.33. The molecule has 3 rings (SSSR count). The summed E-state index contributed by atoms with van der Waals surface area (Å²) in [7, 11) is -7.52. The van der Waals surface area contributed by atoms with Crippen LogP contribution in [0.2, 0.25) is 0 Å². The number of hydrogen-bond donors (Lipinski definition) is 2. The fourth-order valence-electron chi connectivity index (χ4n) is 4.25. The lowest BCUT2D eigenvalue weighted by molar-refractivity contribution is 0.340. The van der Waals surface area contributed by atoms with E-state index in [9.17, 15) is 16.8 Å². The van der Waals surface area contributed by atoms with Gasteiger partial charge in [0.2, 0.25) is 20.0 Å². The maximum Gasteiger partial charge on any atom is 0.241 e. The first-order valence-electron chi connectivity index (χ1n) is 10.2. The van der Waals surface area contributed by atoms with Crippen LogP contribution >= 0.6 is 0 Å². The van der Waals surface area contributed by atoms with E-state index in [0.29, 0.717) is 24.0 Å². The fourth-order valence-corrected chi connectivity index (χ4v) is 7.32. The van der Waals surface area contributed by atoms with Crippen molar-refractivity contribution in [1.82, 2.24) is 9.44 Å². The van der Waals surface area contributed by atoms with Gasteiger partial charge in [0.05, 0.1) is 9.79 Å². The van der Waals surface area contributed by atoms with Gasteiger partial charge in [0.15, 0.2) is 0 Å². The van der Waals surface area contributed by atoms with Crippen molar-refractivity contribution in [2.24, 2.45) is 0 Å². The van der Waals surface area contributed by atoms with Crippen LogP contribution in [-0.4, -0.2) is 28.9 Å². The summed E-state index contributed by atoms with van der Waals surface area (Å²) in [6, 6.07) is 9.34. The van der Waals surface area contributed by atoms with Crippen molar-refractivity contribution >= 4 is 20.0 Å². The van der Waals surface area contributed by atoms with E-state index in [2.05, 4.69) is 9.44 Å². The lowest BCUT2D eigenvalue weighted by atomic mass is 9.92. The largest absolute Gasteiger partial charge is 0.241 e. The average molecular weight is 451 g/mol. The first kappa shape index (κ1) is 22.9. The molecule has 0 spiro atoms. The average Bonchev–Trinajstić information content (AvgIpc) is 2.62. The van der Waals surface area contributed by atoms with Gasteiger partial charge in [-0.2, -0.15) is 0 Å². The van der Waals surface area contributed by atoms with E-state index >= 15 is 0 Å². The van der Waals surface area contributed by atoms with Gasteiger partial charge in [0.1, 0.15) is 0 Å². The summed E-state index contributed by atoms with van der Waals surface area (Å²) in [5, 5.41) is 0. The molecule has 2 atom stereocenters. The van der Waals surface area contributed by atoms with Crippen molar-refractivity contribution in [3.63, 3.8) is 0 Å². The molecule has 2 aromatic carbocycles. The normalized spacial score (nSPS) is 20.3. The second-order valence-corrected chi connectivity index (χ2v) is 11.6. The lowest BCUT2D eigenvalue weighted by Crippen LogP contribution is -2.53. The Morgan fingerprint density at radius 3 is 1.67 bits per heavy atom. The smallest absolute Gasteiger partial charge is 0.207 e. The van der Waals surface area contributed by atoms with Gasteiger partial charge in [0, 0.05) is 12.1 Å². The van der Waals surface area contributed by atoms with Crippen LogP contribution in [0.4, 0.5) is 0 Å². The molecule has 0 unspecified atom stereocenters. The molecule has 0 saturated heterocycles. The minimum absolute atomic E-state index is 0.186. The van der Waals surface area contributed by atoms with Gasteiger partial charge in [-0.3, -0.25) is 0 Å². The van der Waals surface area contributed by atoms with Gasteiger partial charge in [-0.15, -0.1) is 0 Å². The molecule has 2 aromatic rings. The first-order valence-corrected chi connectivity index (χ1v) is 13.2. The van der Waals surface area contributed by atoms with E-state index in [1.54, 1.807) is 38.1 Å². The predicted molar refractivity (Wildman–Crippen MR) is 119 cm³/mol. The highest BCUT2D eigenvalue weighted by Crippen LogP contribution is 2.26. The molecule has 0 amide bonds. The van der Waals surface area contributed by atoms with Gasteiger partial charge in [-0.1, -0.05) is 48.2 Å². The summed E-state index contributed by atoms with van der Waals surface area (Å²) >= 11 is 0. The third-order valence-electron chi connectivity index (χ3n) is 5.58. The number of sulfonamides is 2. The molecule has 6 nitrogen and oxygen atoms in total. The Balaban J connectivity index is 1.85. The molecular weight excluding hydrogens is 420 g/mol. The van der Waals surface area contributed by atoms with E-state index in [-0.39, 0.29) is 9.79 Å². The van der Waals surface area contributed by atoms with Crippen LogP contribution < -0.4 is 9.44 Å². The zero-order valence-electron chi connectivity index (χ0n) is 17.9. The van der Waals surface area contributed by atoms with E-state index in [1.165, 1.54) is 0 Å². The number of benzene rings is 2. The summed E-state index contributed by atoms with van der Waals surface area (Å²) in [5.41, 5.74) is 3.35. The zero-order chi connectivity index (χ0) is 22.1. The second kappa shape index (κ2) is 8.78. The minimum Gasteiger partial charge on any atom is -0.207 e. The molecule has 1 fully saturated rings. The SMILES string of the molecule is Cc1ccc(S(=O)(=O)N[C@@H]2CCCC[C@H]2NS(=O)(=O)c2c(C)cc(C)cc2C)cc1. The molecule has 30 heavy (non-hydrogen) atoms. The van der Waals surface area contributed by atoms with Crippen molar-refractivity contribution < 1.29 is 16.8 Å². The molecule has 0 aromatic heterocycles. The molecule has 0 heterocycles. The highest BCUT2D eigenvalue weighted by molar-refractivity contribution is 7.90. The van der Waals surface area contributed by atoms with Crippen LogP contribution in [0.3, 0.4) is 0 Å². The van der Waals surface area contributed by atoms with Crippen LogP contribution in [-0.2, 0) is 20.0 Å². The predicted octanol–water partition coefficient (Wildman–Crippen LogP) is 3.49. The molecule has 0 bridgehead atoms. The fraction of sp³-hybridized carbons (Fsp3) is 0.455. The molecule has 1 aliphatic rings. The van der Waals surface area contributed by atoms with E-state index in [4.69, 9.17) is 0 Å². The summed E-state index contributed by atoms with van der Waals surface area (Å²) in [6.45, 7) is 7.39. The van der Waals surface area contributed by atoms with Crippen molar-refractivity contribution in [2.75, 3.05) is 0 Å². The Morgan fingerprint density at radius 1 is 0.700 bits per heavy atom. The third-order valence-corrected chi connectivity index (χ3v) is 8.88. The van der Waals surface area contributed by atoms with Gasteiger partial charge in [-0.25, -0.2) is 26.3 Å². The molecule has 1 aliphatic carbocycles. The molecule has 2 N–H and O–H groups in total. The van der Waals surface area contributed by atoms with Gasteiger partial charge < -0.3 is 0 Å². The minimum atomic E-state index is -3.78. The van der Waals surface area contributed by atoms with E-state index < -0.39 is 32.1 Å². The second-order valence-electron chi connectivity index (χ2n) is 8.28. The van der Waals surface area contributed by atoms with Crippen LogP contribution in [0.25, 0.3) is 0 Å². The Kier molecular flexibility index (Phi) is 6.72. The molecule has 8 heteroatoms. The molecular formula is C22H30N2O4S2. The third kappa shape index (κ3) is 5.11. The number of rotatable bonds is 6. The van der Waals surface area contributed by atoms with Crippen molar-refractivity contribution in [3.8, 4) is 0 Å². The quantitative estimate of drug-likeness (QED) is 0.705. The van der Waals surface area contributed by atoms with Crippen molar-refractivity contribution in [2.45, 2.75) is 75.3 Å². The standard InChI is InChI=1S/C22H30N2O4S2/c1-15-9-11-19(12-10-15)29(25,26)23-20-7-5-6-8-21(20)24-30(27,28)22-17(3)13-16(2)14-18(22)4/h9-14,20-21,23-24H,5-8H2,1-4H3/t20-,21-/m1/s1. The molecule has 1 saturated carbocycles. The molecule has 164 valence electrons. The summed E-state index contributed by atoms with van der Waals surface area (Å²) in [4.78, 5) is 0.462. The Labute approximate surface area is 180 Å². The Bertz CT molecular complexity index is 1100. The van der Waals surface area contributed by atoms with Gasteiger partial charge in [0.25, 0.3) is 0 Å². The molecule has 0 aliphatic heterocycles. The molecule has 0 radical (unpaired) electrons. The van der Waals surface area contributed by atoms with Crippen molar-refractivity contribution in [1.29, 1.82) is 0 Å². The van der Waals surface area contributed by atoms with Crippen LogP contribution in [0, 0.1) is 27.7 Å². The Hall–Kier alpha value is -1.74. The summed E-state index contributed by atoms with van der Waals surface area (Å²) in [5.74, 6) is 0. The number of nitrogens with one attached hydrogen (secondary N) is 2. The highest BCUT2D eigenvalue weighted by atomic mass is 32.2. The van der Waals surface area contributed by atoms with E-state index in [0.717, 1.165) is 24.0 Å². The van der Waals surface area contributed by atoms with Crippen LogP contribution in [0.1, 0.15) is 47.9 Å². The topological polar surface area (TPSA) is 92.3 Å². The summed E-state index contributed by atoms with van der Waals surface area (Å²) in [6.07, 6.45) is 2.87. The maximum absolute atomic E-state index is 13.2. The summed E-state index contributed by atoms with van der Waals surface area (Å²) < 4.78 is 57.6. The monoisotopic (exact) mass is 450 g/mol. The Morgan fingerprint density at radius 2 is 1.17 bits per heavy atom. The van der Waals surface area contributed by atoms with Crippen LogP contribution in [0.15, 0.2) is 46.2 Å². The zero-order valence-corrected chi connectivity index (χ0v) is 19.5. The first-order chi connectivity index (χ1) is 14.0. The maximum atomic E-state index is 13.2. The van der Waals surface area contributed by atoms with Gasteiger partial charge in [-0.05, 0) is 63.8 Å². The number of aryl methyl sites for hydroxylation is 4. The van der Waals surface area contributed by atoms with Crippen molar-refractivity contribution in [3.05, 3.63) is 58.7 Å². The van der Waals surface area contributed by atoms with E-state index in [1.807, 2.05) is 26.0 Å². The number of hydrogen-bond acceptors (Lipinski definition) is 4.